The molecule has 0 radical (unpaired) electrons. The highest BCUT2D eigenvalue weighted by molar-refractivity contribution is 5.91. The maximum atomic E-state index is 13.3. The molecule has 0 unspecified atom stereocenters. The summed E-state index contributed by atoms with van der Waals surface area (Å²) in [6, 6.07) is 23.3. The van der Waals surface area contributed by atoms with Gasteiger partial charge in [-0.2, -0.15) is 0 Å². The van der Waals surface area contributed by atoms with E-state index in [1.54, 1.807) is 4.90 Å². The number of amides is 3. The summed E-state index contributed by atoms with van der Waals surface area (Å²) in [5.41, 5.74) is 13.9. The summed E-state index contributed by atoms with van der Waals surface area (Å²) in [4.78, 5) is 41.2. The fourth-order valence-corrected chi connectivity index (χ4v) is 5.17. The van der Waals surface area contributed by atoms with Crippen molar-refractivity contribution in [1.29, 1.82) is 0 Å². The summed E-state index contributed by atoms with van der Waals surface area (Å²) in [6.45, 7) is 1.84. The molecule has 4 rings (SSSR count). The maximum Gasteiger partial charge on any atom is 0.239 e. The van der Waals surface area contributed by atoms with E-state index in [1.165, 1.54) is 5.39 Å². The van der Waals surface area contributed by atoms with Crippen LogP contribution in [0.5, 0.6) is 0 Å². The molecule has 3 aromatic rings. The molecule has 8 heteroatoms. The monoisotopic (exact) mass is 529 g/mol. The second-order valence-corrected chi connectivity index (χ2v) is 10.3. The summed E-state index contributed by atoms with van der Waals surface area (Å²) < 4.78 is 0. The number of likely N-dealkylation sites (tertiary alicyclic amines) is 1. The Balaban J connectivity index is 1.38. The van der Waals surface area contributed by atoms with Crippen molar-refractivity contribution in [3.05, 3.63) is 83.9 Å². The Kier molecular flexibility index (Phi) is 10.1. The third-order valence-corrected chi connectivity index (χ3v) is 7.38. The zero-order valence-corrected chi connectivity index (χ0v) is 22.4. The molecule has 1 aliphatic rings. The van der Waals surface area contributed by atoms with Crippen molar-refractivity contribution in [2.24, 2.45) is 23.3 Å². The van der Waals surface area contributed by atoms with Crippen molar-refractivity contribution in [3.63, 3.8) is 0 Å². The van der Waals surface area contributed by atoms with Crippen LogP contribution in [0.25, 0.3) is 10.8 Å². The first kappa shape index (κ1) is 28.3. The Morgan fingerprint density at radius 3 is 2.13 bits per heavy atom. The van der Waals surface area contributed by atoms with E-state index in [0.29, 0.717) is 32.5 Å². The minimum absolute atomic E-state index is 0.171. The fourth-order valence-electron chi connectivity index (χ4n) is 5.17. The molecule has 0 bridgehead atoms. The Labute approximate surface area is 230 Å². The number of hydrogen-bond donors (Lipinski definition) is 4. The van der Waals surface area contributed by atoms with Gasteiger partial charge in [0.25, 0.3) is 0 Å². The van der Waals surface area contributed by atoms with Crippen LogP contribution in [0, 0.1) is 11.8 Å². The van der Waals surface area contributed by atoms with Crippen molar-refractivity contribution < 1.29 is 14.4 Å². The average Bonchev–Trinajstić information content (AvgIpc) is 3.41. The minimum atomic E-state index is -0.740. The number of carbonyl (C=O) groups is 3. The molecule has 0 aliphatic carbocycles. The molecule has 39 heavy (non-hydrogen) atoms. The zero-order valence-electron chi connectivity index (χ0n) is 22.4. The predicted molar refractivity (Wildman–Crippen MR) is 154 cm³/mol. The molecule has 1 heterocycles. The summed E-state index contributed by atoms with van der Waals surface area (Å²) in [7, 11) is 0. The Morgan fingerprint density at radius 1 is 0.795 bits per heavy atom. The van der Waals surface area contributed by atoms with Gasteiger partial charge in [0.1, 0.15) is 0 Å². The largest absolute Gasteiger partial charge is 0.356 e. The van der Waals surface area contributed by atoms with Crippen LogP contribution in [0.1, 0.15) is 24.0 Å². The van der Waals surface area contributed by atoms with Crippen molar-refractivity contribution in [1.82, 2.24) is 15.5 Å². The second kappa shape index (κ2) is 13.9. The molecule has 1 aliphatic heterocycles. The topological polar surface area (TPSA) is 131 Å². The number of hydrogen-bond acceptors (Lipinski definition) is 5. The second-order valence-electron chi connectivity index (χ2n) is 10.3. The lowest BCUT2D eigenvalue weighted by Gasteiger charge is -2.21. The molecular formula is C31H39N5O3. The fraction of sp³-hybridized carbons (Fsp3) is 0.387. The number of benzene rings is 3. The highest BCUT2D eigenvalue weighted by Gasteiger charge is 2.44. The van der Waals surface area contributed by atoms with Gasteiger partial charge >= 0.3 is 0 Å². The molecule has 0 spiro atoms. The molecule has 0 saturated carbocycles. The van der Waals surface area contributed by atoms with Gasteiger partial charge in [0.2, 0.25) is 17.7 Å². The Bertz CT molecular complexity index is 1270. The predicted octanol–water partition coefficient (Wildman–Crippen LogP) is 2.00. The van der Waals surface area contributed by atoms with Crippen LogP contribution in [0.3, 0.4) is 0 Å². The van der Waals surface area contributed by atoms with Crippen molar-refractivity contribution in [3.8, 4) is 0 Å². The van der Waals surface area contributed by atoms with E-state index in [2.05, 4.69) is 41.0 Å². The van der Waals surface area contributed by atoms with Crippen LogP contribution in [0.15, 0.2) is 72.8 Å². The molecule has 3 amide bonds. The van der Waals surface area contributed by atoms with Crippen LogP contribution in [-0.4, -0.2) is 61.4 Å². The molecule has 3 aromatic carbocycles. The Morgan fingerprint density at radius 2 is 1.44 bits per heavy atom. The van der Waals surface area contributed by atoms with Crippen LogP contribution >= 0.6 is 0 Å². The van der Waals surface area contributed by atoms with Gasteiger partial charge in [-0.15, -0.1) is 0 Å². The van der Waals surface area contributed by atoms with E-state index in [1.807, 2.05) is 42.5 Å². The highest BCUT2D eigenvalue weighted by Crippen LogP contribution is 2.25. The molecule has 8 nitrogen and oxygen atoms in total. The first-order valence-corrected chi connectivity index (χ1v) is 13.8. The number of nitrogens with one attached hydrogen (secondary N) is 2. The quantitative estimate of drug-likeness (QED) is 0.267. The summed E-state index contributed by atoms with van der Waals surface area (Å²) >= 11 is 0. The first-order chi connectivity index (χ1) is 19.0. The van der Waals surface area contributed by atoms with E-state index in [9.17, 15) is 14.4 Å². The SMILES string of the molecule is NCCCCNC(=O)[C@@H]1CN(C(=O)[C@@H](N)Cc2ccccc2)C[C@H]1C(=O)NCCc1ccc2ccccc2c1. The van der Waals surface area contributed by atoms with E-state index < -0.39 is 17.9 Å². The number of unbranched alkanes of at least 4 members (excludes halogenated alkanes) is 1. The van der Waals surface area contributed by atoms with E-state index in [0.717, 1.165) is 29.4 Å². The lowest BCUT2D eigenvalue weighted by molar-refractivity contribution is -0.132. The van der Waals surface area contributed by atoms with E-state index in [-0.39, 0.29) is 30.8 Å². The van der Waals surface area contributed by atoms with Gasteiger partial charge in [0.15, 0.2) is 0 Å². The van der Waals surface area contributed by atoms with Gasteiger partial charge in [-0.1, -0.05) is 72.8 Å². The Hall–Kier alpha value is -3.75. The third kappa shape index (κ3) is 7.65. The molecule has 1 fully saturated rings. The first-order valence-electron chi connectivity index (χ1n) is 13.8. The van der Waals surface area contributed by atoms with Gasteiger partial charge < -0.3 is 27.0 Å². The molecule has 206 valence electrons. The molecular weight excluding hydrogens is 490 g/mol. The number of nitrogens with zero attached hydrogens (tertiary/aromatic N) is 1. The zero-order chi connectivity index (χ0) is 27.6. The van der Waals surface area contributed by atoms with E-state index >= 15 is 0 Å². The minimum Gasteiger partial charge on any atom is -0.356 e. The lowest BCUT2D eigenvalue weighted by Crippen LogP contribution is -2.44. The van der Waals surface area contributed by atoms with Gasteiger partial charge in [-0.3, -0.25) is 14.4 Å². The summed E-state index contributed by atoms with van der Waals surface area (Å²) in [5.74, 6) is -1.94. The van der Waals surface area contributed by atoms with Crippen LogP contribution in [0.4, 0.5) is 0 Å². The van der Waals surface area contributed by atoms with Crippen LogP contribution in [0.2, 0.25) is 0 Å². The molecule has 3 atom stereocenters. The maximum absolute atomic E-state index is 13.3. The molecule has 0 aromatic heterocycles. The summed E-state index contributed by atoms with van der Waals surface area (Å²) in [6.07, 6.45) is 2.64. The standard InChI is InChI=1S/C31H39N5O3/c32-15-6-7-16-34-29(37)26-20-36(31(39)28(33)19-22-8-2-1-3-9-22)21-27(26)30(38)35-17-14-23-12-13-24-10-4-5-11-25(24)18-23/h1-5,8-13,18,26-28H,6-7,14-17,19-21,32-33H2,(H,34,37)(H,35,38)/t26-,27-,28+/m1/s1. The van der Waals surface area contributed by atoms with Gasteiger partial charge in [0.05, 0.1) is 17.9 Å². The van der Waals surface area contributed by atoms with Crippen molar-refractivity contribution in [2.45, 2.75) is 31.7 Å². The van der Waals surface area contributed by atoms with Gasteiger partial charge in [-0.25, -0.2) is 0 Å². The normalized spacial score (nSPS) is 17.6. The number of nitrogens with two attached hydrogens (primary N) is 2. The smallest absolute Gasteiger partial charge is 0.239 e. The van der Waals surface area contributed by atoms with E-state index in [4.69, 9.17) is 11.5 Å². The summed E-state index contributed by atoms with van der Waals surface area (Å²) in [5, 5.41) is 8.26. The highest BCUT2D eigenvalue weighted by atomic mass is 16.2. The number of carbonyl (C=O) groups excluding carboxylic acids is 3. The van der Waals surface area contributed by atoms with Crippen LogP contribution in [-0.2, 0) is 27.2 Å². The van der Waals surface area contributed by atoms with Crippen molar-refractivity contribution >= 4 is 28.5 Å². The van der Waals surface area contributed by atoms with Crippen molar-refractivity contribution in [2.75, 3.05) is 32.7 Å². The molecule has 1 saturated heterocycles. The molecule has 6 N–H and O–H groups in total. The average molecular weight is 530 g/mol. The van der Waals surface area contributed by atoms with Crippen LogP contribution < -0.4 is 22.1 Å². The lowest BCUT2D eigenvalue weighted by atomic mass is 9.94. The number of rotatable bonds is 12. The number of fused-ring (bicyclic) bond motifs is 1. The third-order valence-electron chi connectivity index (χ3n) is 7.38. The van der Waals surface area contributed by atoms with Gasteiger partial charge in [-0.05, 0) is 54.1 Å². The van der Waals surface area contributed by atoms with Gasteiger partial charge in [0, 0.05) is 26.2 Å².